The predicted octanol–water partition coefficient (Wildman–Crippen LogP) is 4.83. The molecule has 1 aliphatic heterocycles. The third-order valence-electron chi connectivity index (χ3n) is 6.65. The number of Topliss-reactive ketones (excluding diaryl/α,β-unsaturated/α-hetero) is 1. The highest BCUT2D eigenvalue weighted by molar-refractivity contribution is 7.85. The lowest BCUT2D eigenvalue weighted by Crippen LogP contribution is -2.42. The van der Waals surface area contributed by atoms with Crippen LogP contribution in [0.3, 0.4) is 0 Å². The molecule has 0 radical (unpaired) electrons. The van der Waals surface area contributed by atoms with E-state index in [0.717, 1.165) is 18.2 Å². The molecule has 1 aliphatic rings. The number of hydrogen-bond acceptors (Lipinski definition) is 7. The lowest BCUT2D eigenvalue weighted by atomic mass is 9.70. The molecule has 204 valence electrons. The van der Waals surface area contributed by atoms with Gasteiger partial charge in [0.2, 0.25) is 0 Å². The monoisotopic (exact) mass is 555 g/mol. The number of carbonyl (C=O) groups is 1. The maximum Gasteiger partial charge on any atom is 0.264 e. The molecule has 2 aromatic rings. The van der Waals surface area contributed by atoms with E-state index in [9.17, 15) is 17.6 Å². The number of carbonyl (C=O) groups excluding carboxylic acids is 1. The van der Waals surface area contributed by atoms with E-state index in [1.807, 2.05) is 32.0 Å². The highest BCUT2D eigenvalue weighted by atomic mass is 35.5. The van der Waals surface area contributed by atoms with Crippen LogP contribution in [0.1, 0.15) is 50.7 Å². The van der Waals surface area contributed by atoms with Crippen molar-refractivity contribution in [2.45, 2.75) is 57.4 Å². The molecule has 7 nitrogen and oxygen atoms in total. The van der Waals surface area contributed by atoms with Crippen molar-refractivity contribution in [1.82, 2.24) is 5.32 Å². The topological polar surface area (TPSA) is 90.9 Å². The highest BCUT2D eigenvalue weighted by Crippen LogP contribution is 2.43. The lowest BCUT2D eigenvalue weighted by molar-refractivity contribution is -0.120. The predicted molar refractivity (Wildman–Crippen MR) is 142 cm³/mol. The lowest BCUT2D eigenvalue weighted by Gasteiger charge is -2.36. The Balaban J connectivity index is 1.98. The minimum absolute atomic E-state index is 0.0317. The summed E-state index contributed by atoms with van der Waals surface area (Å²) >= 11 is 6.18. The first-order chi connectivity index (χ1) is 17.6. The Morgan fingerprint density at radius 1 is 1.16 bits per heavy atom. The van der Waals surface area contributed by atoms with Crippen molar-refractivity contribution in [2.24, 2.45) is 0 Å². The first kappa shape index (κ1) is 29.4. The summed E-state index contributed by atoms with van der Waals surface area (Å²) in [4.78, 5) is 13.4. The molecule has 1 saturated heterocycles. The van der Waals surface area contributed by atoms with Crippen LogP contribution in [0.15, 0.2) is 36.4 Å². The number of hydrogen-bond donors (Lipinski definition) is 1. The highest BCUT2D eigenvalue weighted by Gasteiger charge is 2.39. The number of rotatable bonds is 12. The van der Waals surface area contributed by atoms with Crippen LogP contribution in [-0.2, 0) is 30.9 Å². The SMILES string of the molecule is CCOc1ccc(C2(CCOS(C)(=O)=O)CCCNC(C(=O)Cc3c(F)cccc3Cl)C2)cc1OCC. The summed E-state index contributed by atoms with van der Waals surface area (Å²) < 4.78 is 54.5. The normalized spacial score (nSPS) is 20.3. The van der Waals surface area contributed by atoms with Crippen LogP contribution >= 0.6 is 11.6 Å². The van der Waals surface area contributed by atoms with Crippen LogP contribution in [-0.4, -0.2) is 52.9 Å². The zero-order valence-electron chi connectivity index (χ0n) is 21.5. The van der Waals surface area contributed by atoms with Crippen molar-refractivity contribution < 1.29 is 31.3 Å². The summed E-state index contributed by atoms with van der Waals surface area (Å²) in [6, 6.07) is 9.47. The van der Waals surface area contributed by atoms with Crippen molar-refractivity contribution in [3.63, 3.8) is 0 Å². The second kappa shape index (κ2) is 13.0. The molecule has 0 aliphatic carbocycles. The molecule has 0 amide bonds. The molecule has 0 aromatic heterocycles. The second-order valence-electron chi connectivity index (χ2n) is 9.24. The molecule has 1 fully saturated rings. The molecule has 0 spiro atoms. The van der Waals surface area contributed by atoms with Gasteiger partial charge in [-0.25, -0.2) is 4.39 Å². The number of ketones is 1. The summed E-state index contributed by atoms with van der Waals surface area (Å²) in [5.41, 5.74) is 0.484. The van der Waals surface area contributed by atoms with Gasteiger partial charge in [0.1, 0.15) is 5.82 Å². The molecule has 0 bridgehead atoms. The average molecular weight is 556 g/mol. The Morgan fingerprint density at radius 3 is 2.57 bits per heavy atom. The summed E-state index contributed by atoms with van der Waals surface area (Å²) in [6.07, 6.45) is 3.06. The van der Waals surface area contributed by atoms with Crippen LogP contribution in [0.4, 0.5) is 4.39 Å². The van der Waals surface area contributed by atoms with E-state index >= 15 is 0 Å². The molecule has 2 unspecified atom stereocenters. The number of halogens is 2. The molecule has 3 rings (SSSR count). The Kier molecular flexibility index (Phi) is 10.3. The number of ether oxygens (including phenoxy) is 2. The molecule has 37 heavy (non-hydrogen) atoms. The number of nitrogens with one attached hydrogen (secondary N) is 1. The summed E-state index contributed by atoms with van der Waals surface area (Å²) in [7, 11) is -3.64. The van der Waals surface area contributed by atoms with Gasteiger partial charge in [0.15, 0.2) is 17.3 Å². The number of benzene rings is 2. The molecule has 0 saturated carbocycles. The van der Waals surface area contributed by atoms with Gasteiger partial charge in [0.05, 0.1) is 32.1 Å². The van der Waals surface area contributed by atoms with E-state index < -0.39 is 27.4 Å². The molecular formula is C27H35ClFNO6S. The smallest absolute Gasteiger partial charge is 0.264 e. The van der Waals surface area contributed by atoms with Crippen molar-refractivity contribution >= 4 is 27.5 Å². The third kappa shape index (κ3) is 7.89. The van der Waals surface area contributed by atoms with Gasteiger partial charge in [-0.1, -0.05) is 23.7 Å². The van der Waals surface area contributed by atoms with Gasteiger partial charge < -0.3 is 14.8 Å². The van der Waals surface area contributed by atoms with E-state index in [1.54, 1.807) is 6.07 Å². The fourth-order valence-corrected chi connectivity index (χ4v) is 5.51. The minimum Gasteiger partial charge on any atom is -0.490 e. The van der Waals surface area contributed by atoms with Crippen molar-refractivity contribution in [3.05, 3.63) is 58.4 Å². The second-order valence-corrected chi connectivity index (χ2v) is 11.3. The maximum atomic E-state index is 14.4. The van der Waals surface area contributed by atoms with Gasteiger partial charge >= 0.3 is 0 Å². The minimum atomic E-state index is -3.64. The molecule has 2 aromatic carbocycles. The zero-order valence-corrected chi connectivity index (χ0v) is 23.1. The van der Waals surface area contributed by atoms with Gasteiger partial charge in [-0.2, -0.15) is 8.42 Å². The first-order valence-corrected chi connectivity index (χ1v) is 14.7. The van der Waals surface area contributed by atoms with Crippen LogP contribution in [0.5, 0.6) is 11.5 Å². The fraction of sp³-hybridized carbons (Fsp3) is 0.519. The van der Waals surface area contributed by atoms with E-state index in [-0.39, 0.29) is 29.4 Å². The first-order valence-electron chi connectivity index (χ1n) is 12.5. The maximum absolute atomic E-state index is 14.4. The van der Waals surface area contributed by atoms with Crippen LogP contribution in [0, 0.1) is 5.82 Å². The molecule has 1 N–H and O–H groups in total. The van der Waals surface area contributed by atoms with Gasteiger partial charge in [-0.3, -0.25) is 8.98 Å². The van der Waals surface area contributed by atoms with Crippen LogP contribution in [0.2, 0.25) is 5.02 Å². The van der Waals surface area contributed by atoms with E-state index in [0.29, 0.717) is 50.5 Å². The molecular weight excluding hydrogens is 521 g/mol. The summed E-state index contributed by atoms with van der Waals surface area (Å²) in [5.74, 6) is 0.501. The summed E-state index contributed by atoms with van der Waals surface area (Å²) in [6.45, 7) is 5.26. The quantitative estimate of drug-likeness (QED) is 0.375. The van der Waals surface area contributed by atoms with Crippen molar-refractivity contribution in [3.8, 4) is 11.5 Å². The fourth-order valence-electron chi connectivity index (χ4n) is 4.90. The standard InChI is InChI=1S/C27H35ClFNO6S/c1-4-34-25-11-10-19(16-26(25)35-5-2)27(13-15-36-37(3,32)33)12-7-14-30-23(18-27)24(31)17-20-21(28)8-6-9-22(20)29/h6,8-11,16,23,30H,4-5,7,12-15,17-18H2,1-3H3. The Bertz CT molecular complexity index is 1170. The van der Waals surface area contributed by atoms with Gasteiger partial charge in [0.25, 0.3) is 10.1 Å². The van der Waals surface area contributed by atoms with Gasteiger partial charge in [-0.15, -0.1) is 0 Å². The Labute approximate surface area is 223 Å². The van der Waals surface area contributed by atoms with E-state index in [2.05, 4.69) is 5.32 Å². The molecule has 1 heterocycles. The van der Waals surface area contributed by atoms with Crippen LogP contribution < -0.4 is 14.8 Å². The van der Waals surface area contributed by atoms with E-state index in [1.165, 1.54) is 12.1 Å². The van der Waals surface area contributed by atoms with Gasteiger partial charge in [0, 0.05) is 17.0 Å². The van der Waals surface area contributed by atoms with Crippen LogP contribution in [0.25, 0.3) is 0 Å². The van der Waals surface area contributed by atoms with Crippen molar-refractivity contribution in [1.29, 1.82) is 0 Å². The Morgan fingerprint density at radius 2 is 1.89 bits per heavy atom. The Hall–Kier alpha value is -2.20. The third-order valence-corrected chi connectivity index (χ3v) is 7.60. The van der Waals surface area contributed by atoms with E-state index in [4.69, 9.17) is 25.3 Å². The summed E-state index contributed by atoms with van der Waals surface area (Å²) in [5, 5.41) is 3.52. The largest absolute Gasteiger partial charge is 0.490 e. The molecule has 2 atom stereocenters. The van der Waals surface area contributed by atoms with Gasteiger partial charge in [-0.05, 0) is 81.3 Å². The zero-order chi connectivity index (χ0) is 27.1. The van der Waals surface area contributed by atoms with Crippen molar-refractivity contribution in [2.75, 3.05) is 32.6 Å². The molecule has 10 heteroatoms. The average Bonchev–Trinajstić information content (AvgIpc) is 3.06.